The van der Waals surface area contributed by atoms with Gasteiger partial charge in [0, 0.05) is 24.8 Å². The van der Waals surface area contributed by atoms with Crippen LogP contribution in [-0.4, -0.2) is 18.0 Å². The van der Waals surface area contributed by atoms with Crippen LogP contribution in [0.1, 0.15) is 0 Å². The first-order valence-electron chi connectivity index (χ1n) is 12.5. The Morgan fingerprint density at radius 1 is 0.378 bits per heavy atom. The Kier molecular flexibility index (Phi) is 6.28. The summed E-state index contributed by atoms with van der Waals surface area (Å²) in [4.78, 5) is 9.02. The van der Waals surface area contributed by atoms with Gasteiger partial charge >= 0.3 is 0 Å². The van der Waals surface area contributed by atoms with Gasteiger partial charge in [-0.25, -0.2) is 0 Å². The summed E-state index contributed by atoms with van der Waals surface area (Å²) < 4.78 is 0. The second kappa shape index (κ2) is 10.2. The normalized spacial score (nSPS) is 11.2. The molecule has 0 aliphatic heterocycles. The van der Waals surface area contributed by atoms with Gasteiger partial charge in [0.25, 0.3) is 0 Å². The van der Waals surface area contributed by atoms with Crippen LogP contribution in [0.2, 0.25) is 0 Å². The summed E-state index contributed by atoms with van der Waals surface area (Å²) in [5.41, 5.74) is 4.64. The van der Waals surface area contributed by atoms with Gasteiger partial charge in [0.15, 0.2) is 8.07 Å². The average Bonchev–Trinajstić information content (AvgIpc) is 3.00. The third kappa shape index (κ3) is 4.10. The Hall–Kier alpha value is -4.60. The van der Waals surface area contributed by atoms with E-state index in [1.165, 1.54) is 31.9 Å². The average molecular weight is 491 g/mol. The molecule has 6 aromatic rings. The fraction of sp³-hybridized carbons (Fsp3) is 0. The predicted molar refractivity (Wildman–Crippen MR) is 157 cm³/mol. The molecular weight excluding hydrogens is 464 g/mol. The maximum Gasteiger partial charge on any atom is 0.180 e. The fourth-order valence-corrected chi connectivity index (χ4v) is 10.7. The van der Waals surface area contributed by atoms with E-state index >= 15 is 0 Å². The Morgan fingerprint density at radius 2 is 0.784 bits per heavy atom. The fourth-order valence-electron chi connectivity index (χ4n) is 5.48. The zero-order valence-corrected chi connectivity index (χ0v) is 21.4. The maximum atomic E-state index is 4.51. The summed E-state index contributed by atoms with van der Waals surface area (Å²) in [6, 6.07) is 48.2. The van der Waals surface area contributed by atoms with E-state index in [0.717, 1.165) is 11.1 Å². The van der Waals surface area contributed by atoms with E-state index in [1.54, 1.807) is 0 Å². The van der Waals surface area contributed by atoms with Crippen LogP contribution in [0.3, 0.4) is 0 Å². The molecule has 0 saturated heterocycles. The molecule has 2 heterocycles. The van der Waals surface area contributed by atoms with Crippen LogP contribution in [-0.2, 0) is 0 Å². The lowest BCUT2D eigenvalue weighted by Crippen LogP contribution is -2.75. The number of pyridine rings is 2. The number of rotatable bonds is 6. The van der Waals surface area contributed by atoms with E-state index in [0.29, 0.717) is 0 Å². The lowest BCUT2D eigenvalue weighted by atomic mass is 10.0. The minimum Gasteiger partial charge on any atom is -0.264 e. The number of aromatic nitrogens is 2. The quantitative estimate of drug-likeness (QED) is 0.237. The molecule has 2 aromatic heterocycles. The Labute approximate surface area is 219 Å². The van der Waals surface area contributed by atoms with Crippen molar-refractivity contribution in [2.75, 3.05) is 0 Å². The molecule has 0 unspecified atom stereocenters. The molecule has 0 bridgehead atoms. The highest BCUT2D eigenvalue weighted by atomic mass is 28.3. The number of benzene rings is 4. The van der Waals surface area contributed by atoms with E-state index in [-0.39, 0.29) is 0 Å². The molecule has 0 fully saturated rings. The van der Waals surface area contributed by atoms with Crippen LogP contribution in [0.5, 0.6) is 0 Å². The first-order chi connectivity index (χ1) is 18.4. The van der Waals surface area contributed by atoms with Gasteiger partial charge in [0.1, 0.15) is 0 Å². The van der Waals surface area contributed by atoms with Crippen molar-refractivity contribution in [3.63, 3.8) is 0 Å². The second-order valence-electron chi connectivity index (χ2n) is 9.06. The standard InChI is InChI=1S/C34H26N2Si/c1-4-15-29(16-5-1)37(30-17-6-2-7-18-30,31-19-8-3-9-20-31)34-32(27-13-11-23-35-25-27)21-10-22-33(34)28-14-12-24-36-26-28/h1-26H. The number of hydrogen-bond donors (Lipinski definition) is 0. The van der Waals surface area contributed by atoms with Crippen LogP contribution in [0, 0.1) is 0 Å². The minimum atomic E-state index is -2.81. The highest BCUT2D eigenvalue weighted by Gasteiger charge is 2.44. The van der Waals surface area contributed by atoms with Crippen LogP contribution >= 0.6 is 0 Å². The van der Waals surface area contributed by atoms with Crippen molar-refractivity contribution in [3.05, 3.63) is 158 Å². The van der Waals surface area contributed by atoms with Crippen LogP contribution < -0.4 is 20.7 Å². The lowest BCUT2D eigenvalue weighted by molar-refractivity contribution is 1.33. The van der Waals surface area contributed by atoms with Gasteiger partial charge < -0.3 is 0 Å². The molecular formula is C34H26N2Si. The highest BCUT2D eigenvalue weighted by molar-refractivity contribution is 7.21. The van der Waals surface area contributed by atoms with Crippen LogP contribution in [0.4, 0.5) is 0 Å². The number of hydrogen-bond acceptors (Lipinski definition) is 2. The Morgan fingerprint density at radius 3 is 1.14 bits per heavy atom. The molecule has 0 amide bonds. The van der Waals surface area contributed by atoms with Gasteiger partial charge in [0.05, 0.1) is 0 Å². The van der Waals surface area contributed by atoms with Crippen molar-refractivity contribution in [3.8, 4) is 22.3 Å². The number of nitrogens with zero attached hydrogens (tertiary/aromatic N) is 2. The van der Waals surface area contributed by atoms with Gasteiger partial charge in [-0.15, -0.1) is 0 Å². The molecule has 0 N–H and O–H groups in total. The van der Waals surface area contributed by atoms with E-state index in [2.05, 4.69) is 131 Å². The first kappa shape index (κ1) is 22.8. The molecule has 0 aliphatic carbocycles. The molecule has 3 heteroatoms. The monoisotopic (exact) mass is 490 g/mol. The summed E-state index contributed by atoms with van der Waals surface area (Å²) in [6.45, 7) is 0. The smallest absolute Gasteiger partial charge is 0.180 e. The van der Waals surface area contributed by atoms with Crippen LogP contribution in [0.25, 0.3) is 22.3 Å². The van der Waals surface area contributed by atoms with Crippen molar-refractivity contribution >= 4 is 28.8 Å². The molecule has 176 valence electrons. The van der Waals surface area contributed by atoms with Crippen molar-refractivity contribution in [2.24, 2.45) is 0 Å². The van der Waals surface area contributed by atoms with Crippen molar-refractivity contribution in [2.45, 2.75) is 0 Å². The summed E-state index contributed by atoms with van der Waals surface area (Å²) in [5, 5.41) is 5.37. The van der Waals surface area contributed by atoms with Crippen molar-refractivity contribution in [1.82, 2.24) is 9.97 Å². The molecule has 6 rings (SSSR count). The molecule has 0 atom stereocenters. The SMILES string of the molecule is c1ccc([Si](c2ccccc2)(c2ccccc2)c2c(-c3cccnc3)cccc2-c2cccnc2)cc1. The van der Waals surface area contributed by atoms with E-state index in [9.17, 15) is 0 Å². The Balaban J connectivity index is 1.85. The predicted octanol–water partition coefficient (Wildman–Crippen LogP) is 5.19. The van der Waals surface area contributed by atoms with Gasteiger partial charge in [-0.1, -0.05) is 121 Å². The van der Waals surface area contributed by atoms with Crippen molar-refractivity contribution < 1.29 is 0 Å². The van der Waals surface area contributed by atoms with Gasteiger partial charge in [-0.2, -0.15) is 0 Å². The van der Waals surface area contributed by atoms with E-state index < -0.39 is 8.07 Å². The summed E-state index contributed by atoms with van der Waals surface area (Å²) in [6.07, 6.45) is 7.63. The van der Waals surface area contributed by atoms with E-state index in [1.807, 2.05) is 36.9 Å². The van der Waals surface area contributed by atoms with Gasteiger partial charge in [-0.3, -0.25) is 9.97 Å². The molecule has 0 radical (unpaired) electrons. The molecule has 0 aliphatic rings. The maximum absolute atomic E-state index is 4.51. The third-order valence-electron chi connectivity index (χ3n) is 7.00. The molecule has 4 aromatic carbocycles. The van der Waals surface area contributed by atoms with E-state index in [4.69, 9.17) is 0 Å². The Bertz CT molecular complexity index is 1430. The first-order valence-corrected chi connectivity index (χ1v) is 14.5. The molecule has 37 heavy (non-hydrogen) atoms. The second-order valence-corrected chi connectivity index (χ2v) is 12.8. The summed E-state index contributed by atoms with van der Waals surface area (Å²) in [5.74, 6) is 0. The highest BCUT2D eigenvalue weighted by Crippen LogP contribution is 2.28. The third-order valence-corrected chi connectivity index (χ3v) is 11.9. The summed E-state index contributed by atoms with van der Waals surface area (Å²) in [7, 11) is -2.81. The molecule has 2 nitrogen and oxygen atoms in total. The summed E-state index contributed by atoms with van der Waals surface area (Å²) >= 11 is 0. The van der Waals surface area contributed by atoms with Crippen molar-refractivity contribution in [1.29, 1.82) is 0 Å². The lowest BCUT2D eigenvalue weighted by Gasteiger charge is -2.37. The van der Waals surface area contributed by atoms with Crippen LogP contribution in [0.15, 0.2) is 158 Å². The largest absolute Gasteiger partial charge is 0.264 e. The zero-order chi connectivity index (χ0) is 24.9. The minimum absolute atomic E-state index is 1.11. The topological polar surface area (TPSA) is 25.8 Å². The zero-order valence-electron chi connectivity index (χ0n) is 20.4. The molecule has 0 spiro atoms. The molecule has 0 saturated carbocycles. The van der Waals surface area contributed by atoms with Gasteiger partial charge in [0.2, 0.25) is 0 Å². The van der Waals surface area contributed by atoms with Gasteiger partial charge in [-0.05, 0) is 55.1 Å².